The molecule has 0 amide bonds. The van der Waals surface area contributed by atoms with E-state index in [4.69, 9.17) is 10.8 Å². The summed E-state index contributed by atoms with van der Waals surface area (Å²) in [5.41, 5.74) is 6.98. The molecule has 2 rings (SSSR count). The molecule has 1 aliphatic rings. The van der Waals surface area contributed by atoms with Crippen LogP contribution in [-0.4, -0.2) is 49.3 Å². The van der Waals surface area contributed by atoms with Crippen molar-refractivity contribution in [2.75, 3.05) is 50.0 Å². The van der Waals surface area contributed by atoms with E-state index in [-0.39, 0.29) is 12.4 Å². The number of aliphatic hydroxyl groups excluding tert-OH is 1. The average Bonchev–Trinajstić information content (AvgIpc) is 2.54. The van der Waals surface area contributed by atoms with Crippen LogP contribution in [-0.2, 0) is 0 Å². The molecule has 1 fully saturated rings. The number of halogens is 1. The van der Waals surface area contributed by atoms with Crippen LogP contribution >= 0.6 is 0 Å². The number of nitrogens with two attached hydrogens (primary N) is 1. The summed E-state index contributed by atoms with van der Waals surface area (Å²) in [5, 5.41) is 8.94. The van der Waals surface area contributed by atoms with Crippen LogP contribution < -0.4 is 10.6 Å². The third kappa shape index (κ3) is 3.34. The minimum atomic E-state index is -0.290. The van der Waals surface area contributed by atoms with Gasteiger partial charge in [-0.2, -0.15) is 0 Å². The van der Waals surface area contributed by atoms with Crippen LogP contribution in [0, 0.1) is 5.82 Å². The predicted molar refractivity (Wildman–Crippen MR) is 71.2 cm³/mol. The first-order valence-corrected chi connectivity index (χ1v) is 6.33. The molecular weight excluding hydrogens is 233 g/mol. The minimum Gasteiger partial charge on any atom is -0.399 e. The smallest absolute Gasteiger partial charge is 0.127 e. The van der Waals surface area contributed by atoms with Gasteiger partial charge in [0, 0.05) is 37.6 Å². The van der Waals surface area contributed by atoms with Crippen molar-refractivity contribution in [3.63, 3.8) is 0 Å². The Kier molecular flexibility index (Phi) is 4.38. The third-order valence-corrected chi connectivity index (χ3v) is 3.27. The lowest BCUT2D eigenvalue weighted by molar-refractivity contribution is 0.204. The Bertz CT molecular complexity index is 380. The standard InChI is InChI=1S/C13H20FN3O/c14-11-8-12(15)10-13(9-11)17-3-1-2-16(4-5-17)6-7-18/h8-10,18H,1-7,15H2. The molecule has 3 N–H and O–H groups in total. The Hall–Kier alpha value is -1.33. The Morgan fingerprint density at radius 3 is 2.72 bits per heavy atom. The Balaban J connectivity index is 2.05. The van der Waals surface area contributed by atoms with Crippen LogP contribution in [0.3, 0.4) is 0 Å². The molecule has 4 nitrogen and oxygen atoms in total. The molecule has 1 heterocycles. The maximum absolute atomic E-state index is 13.3. The summed E-state index contributed by atoms with van der Waals surface area (Å²) in [7, 11) is 0. The molecule has 0 atom stereocenters. The van der Waals surface area contributed by atoms with Gasteiger partial charge < -0.3 is 15.7 Å². The molecule has 0 aliphatic carbocycles. The molecule has 0 unspecified atom stereocenters. The maximum Gasteiger partial charge on any atom is 0.127 e. The molecule has 0 bridgehead atoms. The van der Waals surface area contributed by atoms with Crippen LogP contribution in [0.2, 0.25) is 0 Å². The van der Waals surface area contributed by atoms with Crippen molar-refractivity contribution < 1.29 is 9.50 Å². The second-order valence-corrected chi connectivity index (χ2v) is 4.65. The van der Waals surface area contributed by atoms with Gasteiger partial charge in [0.25, 0.3) is 0 Å². The number of nitrogen functional groups attached to an aromatic ring is 1. The summed E-state index contributed by atoms with van der Waals surface area (Å²) in [4.78, 5) is 4.37. The van der Waals surface area contributed by atoms with Gasteiger partial charge in [-0.15, -0.1) is 0 Å². The van der Waals surface area contributed by atoms with Crippen LogP contribution in [0.4, 0.5) is 15.8 Å². The van der Waals surface area contributed by atoms with Gasteiger partial charge in [0.2, 0.25) is 0 Å². The summed E-state index contributed by atoms with van der Waals surface area (Å²) in [6, 6.07) is 4.67. The Morgan fingerprint density at radius 2 is 2.00 bits per heavy atom. The van der Waals surface area contributed by atoms with Crippen molar-refractivity contribution in [1.82, 2.24) is 4.90 Å². The van der Waals surface area contributed by atoms with E-state index in [2.05, 4.69) is 9.80 Å². The SMILES string of the molecule is Nc1cc(F)cc(N2CCCN(CCO)CC2)c1. The Labute approximate surface area is 107 Å². The molecule has 0 radical (unpaired) electrons. The zero-order valence-corrected chi connectivity index (χ0v) is 10.5. The first-order valence-electron chi connectivity index (χ1n) is 6.33. The van der Waals surface area contributed by atoms with Gasteiger partial charge in [-0.3, -0.25) is 4.90 Å². The highest BCUT2D eigenvalue weighted by atomic mass is 19.1. The molecule has 18 heavy (non-hydrogen) atoms. The molecule has 0 aromatic heterocycles. The second kappa shape index (κ2) is 6.02. The zero-order valence-electron chi connectivity index (χ0n) is 10.5. The molecule has 1 aromatic carbocycles. The van der Waals surface area contributed by atoms with E-state index < -0.39 is 0 Å². The molecule has 1 aromatic rings. The summed E-state index contributed by atoms with van der Waals surface area (Å²) in [6.07, 6.45) is 1.01. The third-order valence-electron chi connectivity index (χ3n) is 3.27. The van der Waals surface area contributed by atoms with Crippen LogP contribution in [0.5, 0.6) is 0 Å². The van der Waals surface area contributed by atoms with E-state index in [9.17, 15) is 4.39 Å². The summed E-state index contributed by atoms with van der Waals surface area (Å²) in [5.74, 6) is -0.290. The van der Waals surface area contributed by atoms with Crippen LogP contribution in [0.1, 0.15) is 6.42 Å². The van der Waals surface area contributed by atoms with Crippen molar-refractivity contribution in [2.24, 2.45) is 0 Å². The molecule has 0 saturated carbocycles. The maximum atomic E-state index is 13.3. The van der Waals surface area contributed by atoms with E-state index in [1.54, 1.807) is 0 Å². The van der Waals surface area contributed by atoms with Gasteiger partial charge in [-0.1, -0.05) is 0 Å². The van der Waals surface area contributed by atoms with Crippen molar-refractivity contribution in [3.8, 4) is 0 Å². The van der Waals surface area contributed by atoms with Gasteiger partial charge >= 0.3 is 0 Å². The normalized spacial score (nSPS) is 17.8. The number of β-amino-alcohol motifs (C(OH)–C–C–N with tert-alkyl or cyclic N) is 1. The molecule has 0 spiro atoms. The largest absolute Gasteiger partial charge is 0.399 e. The number of rotatable bonds is 3. The van der Waals surface area contributed by atoms with E-state index >= 15 is 0 Å². The van der Waals surface area contributed by atoms with Gasteiger partial charge in [-0.05, 0) is 31.2 Å². The van der Waals surface area contributed by atoms with Crippen molar-refractivity contribution >= 4 is 11.4 Å². The summed E-state index contributed by atoms with van der Waals surface area (Å²) < 4.78 is 13.3. The molecular formula is C13H20FN3O. The van der Waals surface area contributed by atoms with Crippen molar-refractivity contribution in [1.29, 1.82) is 0 Å². The fraction of sp³-hybridized carbons (Fsp3) is 0.538. The number of benzene rings is 1. The molecule has 1 aliphatic heterocycles. The fourth-order valence-electron chi connectivity index (χ4n) is 2.37. The van der Waals surface area contributed by atoms with Gasteiger partial charge in [0.1, 0.15) is 5.82 Å². The molecule has 1 saturated heterocycles. The Morgan fingerprint density at radius 1 is 1.17 bits per heavy atom. The summed E-state index contributed by atoms with van der Waals surface area (Å²) in [6.45, 7) is 4.48. The number of hydrogen-bond acceptors (Lipinski definition) is 4. The number of hydrogen-bond donors (Lipinski definition) is 2. The van der Waals surface area contributed by atoms with Crippen LogP contribution in [0.15, 0.2) is 18.2 Å². The lowest BCUT2D eigenvalue weighted by atomic mass is 10.2. The lowest BCUT2D eigenvalue weighted by Gasteiger charge is -2.23. The molecule has 100 valence electrons. The van der Waals surface area contributed by atoms with E-state index in [0.717, 1.165) is 38.3 Å². The highest BCUT2D eigenvalue weighted by molar-refractivity contribution is 5.56. The fourth-order valence-corrected chi connectivity index (χ4v) is 2.37. The van der Waals surface area contributed by atoms with Gasteiger partial charge in [0.15, 0.2) is 0 Å². The monoisotopic (exact) mass is 253 g/mol. The zero-order chi connectivity index (χ0) is 13.0. The molecule has 5 heteroatoms. The quantitative estimate of drug-likeness (QED) is 0.786. The second-order valence-electron chi connectivity index (χ2n) is 4.65. The van der Waals surface area contributed by atoms with E-state index in [0.29, 0.717) is 12.2 Å². The van der Waals surface area contributed by atoms with Gasteiger partial charge in [0.05, 0.1) is 6.61 Å². The topological polar surface area (TPSA) is 52.7 Å². The van der Waals surface area contributed by atoms with Crippen LogP contribution in [0.25, 0.3) is 0 Å². The van der Waals surface area contributed by atoms with Gasteiger partial charge in [-0.25, -0.2) is 4.39 Å². The van der Waals surface area contributed by atoms with Crippen molar-refractivity contribution in [2.45, 2.75) is 6.42 Å². The highest BCUT2D eigenvalue weighted by Crippen LogP contribution is 2.21. The highest BCUT2D eigenvalue weighted by Gasteiger charge is 2.15. The van der Waals surface area contributed by atoms with Crippen molar-refractivity contribution in [3.05, 3.63) is 24.0 Å². The first-order chi connectivity index (χ1) is 8.69. The first kappa shape index (κ1) is 13.1. The predicted octanol–water partition coefficient (Wildman–Crippen LogP) is 0.912. The average molecular weight is 253 g/mol. The summed E-state index contributed by atoms with van der Waals surface area (Å²) >= 11 is 0. The lowest BCUT2D eigenvalue weighted by Crippen LogP contribution is -2.32. The number of anilines is 2. The van der Waals surface area contributed by atoms with E-state index in [1.807, 2.05) is 6.07 Å². The van der Waals surface area contributed by atoms with E-state index in [1.165, 1.54) is 12.1 Å². The number of aliphatic hydroxyl groups is 1. The number of nitrogens with zero attached hydrogens (tertiary/aromatic N) is 2. The minimum absolute atomic E-state index is 0.187.